The molecule has 2 N–H and O–H groups in total. The third kappa shape index (κ3) is 4.18. The lowest BCUT2D eigenvalue weighted by molar-refractivity contribution is -0.137. The van der Waals surface area contributed by atoms with Crippen LogP contribution in [0.1, 0.15) is 26.3 Å². The van der Waals surface area contributed by atoms with E-state index < -0.39 is 27.2 Å². The summed E-state index contributed by atoms with van der Waals surface area (Å²) in [4.78, 5) is 11.6. The van der Waals surface area contributed by atoms with E-state index in [0.717, 1.165) is 12.1 Å². The molecule has 0 bridgehead atoms. The number of anilines is 1. The zero-order valence-electron chi connectivity index (χ0n) is 11.0. The predicted molar refractivity (Wildman–Crippen MR) is 72.7 cm³/mol. The number of halogens is 5. The van der Waals surface area contributed by atoms with Crippen LogP contribution in [-0.4, -0.2) is 5.91 Å². The molecule has 0 aliphatic carbocycles. The summed E-state index contributed by atoms with van der Waals surface area (Å²) in [6.07, 6.45) is -4.64. The molecule has 0 spiro atoms. The molecule has 0 saturated heterocycles. The number of nitrogens with one attached hydrogen (secondary N) is 2. The smallest absolute Gasteiger partial charge is 0.298 e. The minimum atomic E-state index is -4.64. The summed E-state index contributed by atoms with van der Waals surface area (Å²) < 4.78 is 38.0. The SMILES string of the molecule is CC(C)(C)C(=O)NNc1cc(Cl)c(C(F)(F)F)c(Cl)c1. The van der Waals surface area contributed by atoms with E-state index in [9.17, 15) is 18.0 Å². The maximum Gasteiger partial charge on any atom is 0.419 e. The molecule has 1 aromatic carbocycles. The highest BCUT2D eigenvalue weighted by Gasteiger charge is 2.36. The van der Waals surface area contributed by atoms with E-state index in [0.29, 0.717) is 0 Å². The second-order valence-corrected chi connectivity index (χ2v) is 5.96. The van der Waals surface area contributed by atoms with Crippen LogP contribution >= 0.6 is 23.2 Å². The number of rotatable bonds is 2. The Kier molecular flexibility index (Phi) is 4.82. The standard InChI is InChI=1S/C12H13Cl2F3N2O/c1-11(2,3)10(20)19-18-6-4-7(13)9(8(14)5-6)12(15,16)17/h4-5,18H,1-3H3,(H,19,20). The van der Waals surface area contributed by atoms with Gasteiger partial charge in [-0.2, -0.15) is 13.2 Å². The number of hydrogen-bond acceptors (Lipinski definition) is 2. The van der Waals surface area contributed by atoms with E-state index in [-0.39, 0.29) is 11.6 Å². The summed E-state index contributed by atoms with van der Waals surface area (Å²) >= 11 is 11.1. The van der Waals surface area contributed by atoms with Crippen molar-refractivity contribution in [3.05, 3.63) is 27.7 Å². The fourth-order valence-corrected chi connectivity index (χ4v) is 1.93. The molecule has 0 radical (unpaired) electrons. The van der Waals surface area contributed by atoms with E-state index in [2.05, 4.69) is 10.9 Å². The monoisotopic (exact) mass is 328 g/mol. The van der Waals surface area contributed by atoms with Gasteiger partial charge in [-0.25, -0.2) is 0 Å². The molecule has 0 heterocycles. The Balaban J connectivity index is 2.94. The molecule has 1 rings (SSSR count). The number of amides is 1. The van der Waals surface area contributed by atoms with E-state index in [4.69, 9.17) is 23.2 Å². The van der Waals surface area contributed by atoms with Gasteiger partial charge in [-0.15, -0.1) is 0 Å². The van der Waals surface area contributed by atoms with Gasteiger partial charge in [-0.3, -0.25) is 15.6 Å². The molecule has 0 atom stereocenters. The van der Waals surface area contributed by atoms with Crippen molar-refractivity contribution in [1.29, 1.82) is 0 Å². The molecule has 8 heteroatoms. The van der Waals surface area contributed by atoms with Gasteiger partial charge >= 0.3 is 6.18 Å². The average Bonchev–Trinajstić information content (AvgIpc) is 2.21. The molecule has 0 aromatic heterocycles. The quantitative estimate of drug-likeness (QED) is 0.785. The largest absolute Gasteiger partial charge is 0.419 e. The average molecular weight is 329 g/mol. The van der Waals surface area contributed by atoms with Crippen LogP contribution in [0, 0.1) is 5.41 Å². The number of hydrogen-bond donors (Lipinski definition) is 2. The van der Waals surface area contributed by atoms with Crippen LogP contribution in [0.25, 0.3) is 0 Å². The van der Waals surface area contributed by atoms with Crippen LogP contribution in [-0.2, 0) is 11.0 Å². The highest BCUT2D eigenvalue weighted by Crippen LogP contribution is 2.41. The number of carbonyl (C=O) groups excluding carboxylic acids is 1. The van der Waals surface area contributed by atoms with Gasteiger partial charge in [0.05, 0.1) is 21.3 Å². The van der Waals surface area contributed by atoms with Crippen molar-refractivity contribution in [2.75, 3.05) is 5.43 Å². The number of benzene rings is 1. The van der Waals surface area contributed by atoms with E-state index in [1.54, 1.807) is 20.8 Å². The fraction of sp³-hybridized carbons (Fsp3) is 0.417. The van der Waals surface area contributed by atoms with Gasteiger partial charge in [-0.1, -0.05) is 44.0 Å². The van der Waals surface area contributed by atoms with Gasteiger partial charge in [0.25, 0.3) is 0 Å². The van der Waals surface area contributed by atoms with E-state index in [1.807, 2.05) is 0 Å². The summed E-state index contributed by atoms with van der Waals surface area (Å²) in [6, 6.07) is 2.08. The minimum Gasteiger partial charge on any atom is -0.298 e. The van der Waals surface area contributed by atoms with Gasteiger partial charge in [0.2, 0.25) is 5.91 Å². The highest BCUT2D eigenvalue weighted by atomic mass is 35.5. The Morgan fingerprint density at radius 1 is 1.10 bits per heavy atom. The molecule has 112 valence electrons. The molecule has 3 nitrogen and oxygen atoms in total. The van der Waals surface area contributed by atoms with Crippen LogP contribution in [0.15, 0.2) is 12.1 Å². The van der Waals surface area contributed by atoms with Crippen molar-refractivity contribution in [3.8, 4) is 0 Å². The van der Waals surface area contributed by atoms with Gasteiger partial charge in [0.15, 0.2) is 0 Å². The first-order valence-corrected chi connectivity index (χ1v) is 6.31. The zero-order valence-corrected chi connectivity index (χ0v) is 12.5. The summed E-state index contributed by atoms with van der Waals surface area (Å²) in [7, 11) is 0. The molecule has 1 aromatic rings. The zero-order chi connectivity index (χ0) is 15.7. The van der Waals surface area contributed by atoms with Crippen molar-refractivity contribution in [2.24, 2.45) is 5.41 Å². The molecular formula is C12H13Cl2F3N2O. The van der Waals surface area contributed by atoms with Crippen LogP contribution in [0.3, 0.4) is 0 Å². The molecule has 0 unspecified atom stereocenters. The molecule has 20 heavy (non-hydrogen) atoms. The topological polar surface area (TPSA) is 41.1 Å². The van der Waals surface area contributed by atoms with Crippen LogP contribution in [0.5, 0.6) is 0 Å². The maximum absolute atomic E-state index is 12.7. The van der Waals surface area contributed by atoms with Crippen LogP contribution in [0.2, 0.25) is 10.0 Å². The molecule has 0 fully saturated rings. The molecular weight excluding hydrogens is 316 g/mol. The Bertz CT molecular complexity index is 501. The third-order valence-corrected chi connectivity index (χ3v) is 2.92. The molecule has 0 aliphatic rings. The van der Waals surface area contributed by atoms with Crippen LogP contribution < -0.4 is 10.9 Å². The first kappa shape index (κ1) is 16.9. The normalized spacial score (nSPS) is 12.2. The Hall–Kier alpha value is -1.14. The van der Waals surface area contributed by atoms with Crippen molar-refractivity contribution >= 4 is 34.8 Å². The van der Waals surface area contributed by atoms with Crippen molar-refractivity contribution < 1.29 is 18.0 Å². The van der Waals surface area contributed by atoms with E-state index in [1.165, 1.54) is 0 Å². The molecule has 1 amide bonds. The number of alkyl halides is 3. The Labute approximate surface area is 124 Å². The third-order valence-electron chi connectivity index (χ3n) is 2.33. The first-order valence-electron chi connectivity index (χ1n) is 5.55. The van der Waals surface area contributed by atoms with Gasteiger partial charge in [0.1, 0.15) is 0 Å². The second-order valence-electron chi connectivity index (χ2n) is 5.14. The predicted octanol–water partition coefficient (Wildman–Crippen LogP) is 4.50. The maximum atomic E-state index is 12.7. The van der Waals surface area contributed by atoms with Gasteiger partial charge in [-0.05, 0) is 12.1 Å². The lowest BCUT2D eigenvalue weighted by atomic mass is 9.96. The molecule has 0 aliphatic heterocycles. The summed E-state index contributed by atoms with van der Waals surface area (Å²) in [5.74, 6) is -0.329. The van der Waals surface area contributed by atoms with Crippen molar-refractivity contribution in [2.45, 2.75) is 26.9 Å². The van der Waals surface area contributed by atoms with Gasteiger partial charge in [0, 0.05) is 5.41 Å². The Morgan fingerprint density at radius 2 is 1.55 bits per heavy atom. The second kappa shape index (κ2) is 5.69. The van der Waals surface area contributed by atoms with Gasteiger partial charge < -0.3 is 0 Å². The minimum absolute atomic E-state index is 0.158. The summed E-state index contributed by atoms with van der Waals surface area (Å²) in [5, 5.41) is -1.09. The van der Waals surface area contributed by atoms with E-state index >= 15 is 0 Å². The van der Waals surface area contributed by atoms with Crippen molar-refractivity contribution in [1.82, 2.24) is 5.43 Å². The van der Waals surface area contributed by atoms with Crippen molar-refractivity contribution in [3.63, 3.8) is 0 Å². The highest BCUT2D eigenvalue weighted by molar-refractivity contribution is 6.36. The van der Waals surface area contributed by atoms with Crippen LogP contribution in [0.4, 0.5) is 18.9 Å². The number of hydrazine groups is 1. The first-order chi connectivity index (χ1) is 8.93. The molecule has 0 saturated carbocycles. The Morgan fingerprint density at radius 3 is 1.90 bits per heavy atom. The fourth-order valence-electron chi connectivity index (χ4n) is 1.23. The summed E-state index contributed by atoms with van der Waals surface area (Å²) in [5.41, 5.74) is 3.25. The lowest BCUT2D eigenvalue weighted by Gasteiger charge is -2.19. The lowest BCUT2D eigenvalue weighted by Crippen LogP contribution is -2.38. The summed E-state index contributed by atoms with van der Waals surface area (Å²) in [6.45, 7) is 5.07. The number of carbonyl (C=O) groups is 1.